The molecular formula is C16H19ClF2N2. The molecule has 1 heterocycles. The molecule has 0 bridgehead atoms. The van der Waals surface area contributed by atoms with Crippen LogP contribution in [0.25, 0.3) is 11.0 Å². The van der Waals surface area contributed by atoms with Crippen LogP contribution >= 0.6 is 11.6 Å². The number of rotatable bonds is 2. The van der Waals surface area contributed by atoms with Gasteiger partial charge in [0.1, 0.15) is 11.3 Å². The summed E-state index contributed by atoms with van der Waals surface area (Å²) in [6, 6.07) is 2.79. The van der Waals surface area contributed by atoms with Crippen LogP contribution in [0.3, 0.4) is 0 Å². The molecule has 2 aromatic rings. The van der Waals surface area contributed by atoms with Gasteiger partial charge in [0.25, 0.3) is 0 Å². The van der Waals surface area contributed by atoms with Gasteiger partial charge in [-0.1, -0.05) is 19.8 Å². The fraction of sp³-hybridized carbons (Fsp3) is 0.562. The maximum absolute atomic E-state index is 14.3. The molecule has 0 N–H and O–H groups in total. The molecule has 1 aliphatic rings. The van der Waals surface area contributed by atoms with Gasteiger partial charge in [-0.25, -0.2) is 13.8 Å². The molecule has 0 aliphatic heterocycles. The molecule has 21 heavy (non-hydrogen) atoms. The van der Waals surface area contributed by atoms with Crippen LogP contribution in [0.1, 0.15) is 56.8 Å². The van der Waals surface area contributed by atoms with Crippen LogP contribution in [-0.4, -0.2) is 9.55 Å². The van der Waals surface area contributed by atoms with Crippen LogP contribution in [-0.2, 0) is 0 Å². The number of nitrogens with zero attached hydrogens (tertiary/aromatic N) is 2. The Morgan fingerprint density at radius 2 is 2.00 bits per heavy atom. The molecule has 1 aliphatic carbocycles. The number of benzene rings is 1. The summed E-state index contributed by atoms with van der Waals surface area (Å²) in [7, 11) is 0. The van der Waals surface area contributed by atoms with Crippen molar-refractivity contribution in [3.05, 3.63) is 29.6 Å². The van der Waals surface area contributed by atoms with Gasteiger partial charge in [0, 0.05) is 6.04 Å². The maximum atomic E-state index is 14.3. The number of alkyl halides is 1. The second-order valence-corrected chi connectivity index (χ2v) is 6.67. The summed E-state index contributed by atoms with van der Waals surface area (Å²) in [6.07, 6.45) is 4.34. The van der Waals surface area contributed by atoms with E-state index < -0.39 is 11.6 Å². The molecule has 3 unspecified atom stereocenters. The van der Waals surface area contributed by atoms with E-state index in [1.165, 1.54) is 12.5 Å². The predicted molar refractivity (Wildman–Crippen MR) is 80.6 cm³/mol. The lowest BCUT2D eigenvalue weighted by Gasteiger charge is -2.32. The number of hydrogen-bond donors (Lipinski definition) is 0. The van der Waals surface area contributed by atoms with Gasteiger partial charge < -0.3 is 4.57 Å². The van der Waals surface area contributed by atoms with Gasteiger partial charge in [-0.15, -0.1) is 11.6 Å². The van der Waals surface area contributed by atoms with E-state index in [2.05, 4.69) is 11.9 Å². The largest absolute Gasteiger partial charge is 0.321 e. The fourth-order valence-corrected chi connectivity index (χ4v) is 3.59. The van der Waals surface area contributed by atoms with Crippen molar-refractivity contribution >= 4 is 22.6 Å². The molecule has 0 amide bonds. The van der Waals surface area contributed by atoms with Crippen molar-refractivity contribution < 1.29 is 8.78 Å². The van der Waals surface area contributed by atoms with Crippen LogP contribution < -0.4 is 0 Å². The van der Waals surface area contributed by atoms with Crippen LogP contribution in [0.4, 0.5) is 8.78 Å². The van der Waals surface area contributed by atoms with E-state index in [4.69, 9.17) is 11.6 Å². The Hall–Kier alpha value is -1.16. The van der Waals surface area contributed by atoms with Gasteiger partial charge in [-0.05, 0) is 37.8 Å². The summed E-state index contributed by atoms with van der Waals surface area (Å²) >= 11 is 6.24. The lowest BCUT2D eigenvalue weighted by molar-refractivity contribution is 0.256. The van der Waals surface area contributed by atoms with Crippen molar-refractivity contribution in [1.82, 2.24) is 9.55 Å². The third-order valence-electron chi connectivity index (χ3n) is 4.52. The molecule has 5 heteroatoms. The number of imidazole rings is 1. The summed E-state index contributed by atoms with van der Waals surface area (Å²) < 4.78 is 29.8. The van der Waals surface area contributed by atoms with Crippen LogP contribution in [0.2, 0.25) is 0 Å². The second kappa shape index (κ2) is 5.56. The van der Waals surface area contributed by atoms with Crippen molar-refractivity contribution in [2.24, 2.45) is 5.92 Å². The fourth-order valence-electron chi connectivity index (χ4n) is 3.44. The highest BCUT2D eigenvalue weighted by Gasteiger charge is 2.29. The Morgan fingerprint density at radius 3 is 2.67 bits per heavy atom. The van der Waals surface area contributed by atoms with E-state index in [-0.39, 0.29) is 16.9 Å². The molecule has 0 saturated heterocycles. The van der Waals surface area contributed by atoms with Crippen molar-refractivity contribution in [2.75, 3.05) is 0 Å². The van der Waals surface area contributed by atoms with Crippen molar-refractivity contribution in [3.63, 3.8) is 0 Å². The Morgan fingerprint density at radius 1 is 1.29 bits per heavy atom. The topological polar surface area (TPSA) is 17.8 Å². The van der Waals surface area contributed by atoms with Crippen molar-refractivity contribution in [3.8, 4) is 0 Å². The first kappa shape index (κ1) is 14.8. The minimum atomic E-state index is -0.833. The minimum Gasteiger partial charge on any atom is -0.321 e. The first-order chi connectivity index (χ1) is 10.0. The number of halogens is 3. The van der Waals surface area contributed by atoms with E-state index in [1.54, 1.807) is 0 Å². The van der Waals surface area contributed by atoms with E-state index in [1.807, 2.05) is 11.5 Å². The monoisotopic (exact) mass is 312 g/mol. The average Bonchev–Trinajstić information content (AvgIpc) is 2.84. The number of aromatic nitrogens is 2. The molecule has 0 spiro atoms. The molecule has 3 atom stereocenters. The second-order valence-electron chi connectivity index (χ2n) is 6.01. The zero-order valence-electron chi connectivity index (χ0n) is 12.2. The normalized spacial score (nSPS) is 24.4. The molecule has 0 radical (unpaired) electrons. The molecule has 1 fully saturated rings. The van der Waals surface area contributed by atoms with Gasteiger partial charge in [0.15, 0.2) is 11.6 Å². The molecule has 1 saturated carbocycles. The zero-order chi connectivity index (χ0) is 15.1. The van der Waals surface area contributed by atoms with Gasteiger partial charge in [-0.3, -0.25) is 0 Å². The Balaban J connectivity index is 2.26. The Bertz CT molecular complexity index is 666. The summed E-state index contributed by atoms with van der Waals surface area (Å²) in [5, 5.41) is -0.339. The highest BCUT2D eigenvalue weighted by Crippen LogP contribution is 2.39. The summed E-state index contributed by atoms with van der Waals surface area (Å²) in [4.78, 5) is 4.45. The molecule has 1 aromatic heterocycles. The van der Waals surface area contributed by atoms with E-state index in [0.29, 0.717) is 17.3 Å². The Labute approximate surface area is 128 Å². The lowest BCUT2D eigenvalue weighted by atomic mass is 9.85. The summed E-state index contributed by atoms with van der Waals surface area (Å²) in [5.41, 5.74) is 0.741. The van der Waals surface area contributed by atoms with E-state index in [0.717, 1.165) is 25.3 Å². The Kier molecular flexibility index (Phi) is 3.91. The highest BCUT2D eigenvalue weighted by atomic mass is 35.5. The zero-order valence-corrected chi connectivity index (χ0v) is 13.0. The van der Waals surface area contributed by atoms with Crippen LogP contribution in [0.15, 0.2) is 12.1 Å². The first-order valence-corrected chi connectivity index (χ1v) is 7.94. The lowest BCUT2D eigenvalue weighted by Crippen LogP contribution is -2.23. The molecule has 1 aromatic carbocycles. The minimum absolute atomic E-state index is 0.135. The highest BCUT2D eigenvalue weighted by molar-refractivity contribution is 6.20. The SMILES string of the molecule is CC(Cl)c1nc2ccc(F)c(F)c2n1C1CCCCC1C. The quantitative estimate of drug-likeness (QED) is 0.682. The average molecular weight is 313 g/mol. The van der Waals surface area contributed by atoms with Gasteiger partial charge in [0.05, 0.1) is 10.9 Å². The third-order valence-corrected chi connectivity index (χ3v) is 4.72. The molecular weight excluding hydrogens is 294 g/mol. The first-order valence-electron chi connectivity index (χ1n) is 7.50. The predicted octanol–water partition coefficient (Wildman–Crippen LogP) is 5.37. The van der Waals surface area contributed by atoms with E-state index in [9.17, 15) is 8.78 Å². The molecule has 114 valence electrons. The molecule has 2 nitrogen and oxygen atoms in total. The van der Waals surface area contributed by atoms with Crippen LogP contribution in [0, 0.1) is 17.6 Å². The standard InChI is InChI=1S/C16H19ClF2N2/c1-9-5-3-4-6-13(9)21-15-12(20-16(21)10(2)17)8-7-11(18)14(15)19/h7-10,13H,3-6H2,1-2H3. The van der Waals surface area contributed by atoms with Crippen LogP contribution in [0.5, 0.6) is 0 Å². The smallest absolute Gasteiger partial charge is 0.184 e. The summed E-state index contributed by atoms with van der Waals surface area (Å²) in [5.74, 6) is -0.606. The van der Waals surface area contributed by atoms with Gasteiger partial charge in [0.2, 0.25) is 0 Å². The van der Waals surface area contributed by atoms with Gasteiger partial charge in [-0.2, -0.15) is 0 Å². The molecule has 3 rings (SSSR count). The van der Waals surface area contributed by atoms with E-state index >= 15 is 0 Å². The number of fused-ring (bicyclic) bond motifs is 1. The maximum Gasteiger partial charge on any atom is 0.184 e. The van der Waals surface area contributed by atoms with Gasteiger partial charge >= 0.3 is 0 Å². The number of hydrogen-bond acceptors (Lipinski definition) is 1. The van der Waals surface area contributed by atoms with Crippen molar-refractivity contribution in [2.45, 2.75) is 50.9 Å². The third kappa shape index (κ3) is 2.44. The summed E-state index contributed by atoms with van der Waals surface area (Å²) in [6.45, 7) is 3.98. The van der Waals surface area contributed by atoms with Crippen molar-refractivity contribution in [1.29, 1.82) is 0 Å².